The molecule has 2 aromatic rings. The fraction of sp³-hybridized carbons (Fsp3) is 0.560. The van der Waals surface area contributed by atoms with Crippen molar-refractivity contribution in [1.82, 2.24) is 5.32 Å². The summed E-state index contributed by atoms with van der Waals surface area (Å²) in [7, 11) is -1.91. The van der Waals surface area contributed by atoms with Gasteiger partial charge in [-0.2, -0.15) is 8.42 Å². The van der Waals surface area contributed by atoms with Gasteiger partial charge in [-0.25, -0.2) is 4.31 Å². The summed E-state index contributed by atoms with van der Waals surface area (Å²) in [6.07, 6.45) is 0. The van der Waals surface area contributed by atoms with E-state index >= 15 is 0 Å². The molecule has 3 N–H and O–H groups in total. The van der Waals surface area contributed by atoms with Crippen LogP contribution in [0.5, 0.6) is 0 Å². The van der Waals surface area contributed by atoms with Crippen LogP contribution in [-0.4, -0.2) is 95.3 Å². The van der Waals surface area contributed by atoms with Crippen molar-refractivity contribution in [3.05, 3.63) is 35.9 Å². The molecule has 3 saturated heterocycles. The number of hydrogen-bond acceptors (Lipinski definition) is 4. The molecule has 0 aliphatic carbocycles. The molecule has 6 rings (SSSR count). The number of nitrogens with two attached hydrogens (primary N) is 1. The van der Waals surface area contributed by atoms with E-state index in [1.807, 2.05) is 26.0 Å². The van der Waals surface area contributed by atoms with Crippen molar-refractivity contribution in [2.24, 2.45) is 5.73 Å². The van der Waals surface area contributed by atoms with E-state index in [0.29, 0.717) is 19.6 Å². The monoisotopic (exact) mass is 502 g/mol. The highest BCUT2D eigenvalue weighted by atomic mass is 32.2. The molecule has 2 aromatic carbocycles. The van der Waals surface area contributed by atoms with Gasteiger partial charge in [0.15, 0.2) is 6.54 Å². The molecular formula is C25H38N6O3S+2. The first-order chi connectivity index (χ1) is 16.6. The number of carbonyl (C=O) groups excluding carboxylic acids is 1. The lowest BCUT2D eigenvalue weighted by molar-refractivity contribution is -1.08. The lowest BCUT2D eigenvalue weighted by Gasteiger charge is -2.55. The minimum Gasteiger partial charge on any atom is -0.350 e. The number of amides is 1. The van der Waals surface area contributed by atoms with Gasteiger partial charge in [0.25, 0.3) is 5.91 Å². The van der Waals surface area contributed by atoms with Crippen LogP contribution in [0.25, 0.3) is 10.8 Å². The Bertz CT molecular complexity index is 1240. The smallest absolute Gasteiger partial charge is 0.326 e. The molecule has 1 amide bonds. The van der Waals surface area contributed by atoms with E-state index in [1.165, 1.54) is 14.2 Å². The van der Waals surface area contributed by atoms with Crippen LogP contribution in [0.1, 0.15) is 19.4 Å². The number of hydrogen-bond donors (Lipinski definition) is 2. The average molecular weight is 503 g/mol. The van der Waals surface area contributed by atoms with Gasteiger partial charge >= 0.3 is 10.2 Å². The summed E-state index contributed by atoms with van der Waals surface area (Å²) in [6.45, 7) is 12.5. The number of piperazine rings is 3. The van der Waals surface area contributed by atoms with E-state index in [2.05, 4.69) is 23.5 Å². The van der Waals surface area contributed by atoms with Crippen molar-refractivity contribution in [3.8, 4) is 0 Å². The number of fused-ring (bicyclic) bond motifs is 6. The van der Waals surface area contributed by atoms with Gasteiger partial charge in [-0.3, -0.25) is 9.10 Å². The third kappa shape index (κ3) is 4.06. The van der Waals surface area contributed by atoms with Crippen LogP contribution in [0.4, 0.5) is 11.4 Å². The van der Waals surface area contributed by atoms with Crippen molar-refractivity contribution in [2.75, 3.05) is 74.6 Å². The molecule has 35 heavy (non-hydrogen) atoms. The molecule has 2 bridgehead atoms. The molecule has 0 atom stereocenters. The maximum Gasteiger partial charge on any atom is 0.326 e. The number of nitrogens with zero attached hydrogens (tertiary/aromatic N) is 4. The lowest BCUT2D eigenvalue weighted by Crippen LogP contribution is -2.75. The number of rotatable bonds is 7. The molecule has 0 aromatic heterocycles. The summed E-state index contributed by atoms with van der Waals surface area (Å²) in [5.41, 5.74) is 8.29. The largest absolute Gasteiger partial charge is 0.350 e. The second-order valence-corrected chi connectivity index (χ2v) is 12.7. The summed E-state index contributed by atoms with van der Waals surface area (Å²) in [5.74, 6) is 0.107. The van der Waals surface area contributed by atoms with Crippen LogP contribution in [0.2, 0.25) is 0 Å². The van der Waals surface area contributed by atoms with Gasteiger partial charge < -0.3 is 20.0 Å². The Labute approximate surface area is 208 Å². The zero-order chi connectivity index (χ0) is 25.0. The lowest BCUT2D eigenvalue weighted by atomic mass is 10.0. The maximum atomic E-state index is 13.1. The van der Waals surface area contributed by atoms with E-state index in [4.69, 9.17) is 5.73 Å². The molecule has 4 aliphatic rings. The highest BCUT2D eigenvalue weighted by molar-refractivity contribution is 7.94. The van der Waals surface area contributed by atoms with Crippen LogP contribution in [0.15, 0.2) is 30.3 Å². The SMILES string of the molecule is CC(C)N1c2ccc3ccc(C[N+]45CC[N+](CC(=O)NCCN)(CC4)CC5)cc3c2N(C)S1(=O)=O. The first-order valence-electron chi connectivity index (χ1n) is 12.6. The van der Waals surface area contributed by atoms with E-state index in [0.717, 1.165) is 76.9 Å². The third-order valence-electron chi connectivity index (χ3n) is 8.26. The number of anilines is 2. The molecule has 0 unspecified atom stereocenters. The van der Waals surface area contributed by atoms with E-state index < -0.39 is 10.2 Å². The predicted octanol–water partition coefficient (Wildman–Crippen LogP) is 0.985. The van der Waals surface area contributed by atoms with Crippen LogP contribution in [0, 0.1) is 0 Å². The molecule has 190 valence electrons. The van der Waals surface area contributed by atoms with Crippen molar-refractivity contribution in [2.45, 2.75) is 26.4 Å². The maximum absolute atomic E-state index is 13.1. The Morgan fingerprint density at radius 3 is 2.31 bits per heavy atom. The molecule has 4 aliphatic heterocycles. The quantitative estimate of drug-likeness (QED) is 0.552. The van der Waals surface area contributed by atoms with Gasteiger partial charge in [-0.05, 0) is 31.4 Å². The number of nitrogens with one attached hydrogen (secondary N) is 1. The summed E-state index contributed by atoms with van der Waals surface area (Å²) in [4.78, 5) is 12.3. The molecule has 0 saturated carbocycles. The summed E-state index contributed by atoms with van der Waals surface area (Å²) < 4.78 is 31.1. The van der Waals surface area contributed by atoms with Crippen LogP contribution in [0.3, 0.4) is 0 Å². The Balaban J connectivity index is 1.39. The van der Waals surface area contributed by atoms with Crippen molar-refractivity contribution >= 4 is 38.3 Å². The number of benzene rings is 2. The van der Waals surface area contributed by atoms with Gasteiger partial charge in [0.1, 0.15) is 45.8 Å². The van der Waals surface area contributed by atoms with Crippen LogP contribution < -0.4 is 19.7 Å². The Hall–Kier alpha value is -2.40. The Morgan fingerprint density at radius 1 is 1.06 bits per heavy atom. The Morgan fingerprint density at radius 2 is 1.69 bits per heavy atom. The van der Waals surface area contributed by atoms with Gasteiger partial charge in [-0.1, -0.05) is 18.2 Å². The molecule has 9 nitrogen and oxygen atoms in total. The first-order valence-corrected chi connectivity index (χ1v) is 14.0. The first kappa shape index (κ1) is 24.3. The van der Waals surface area contributed by atoms with Crippen LogP contribution >= 0.6 is 0 Å². The zero-order valence-corrected chi connectivity index (χ0v) is 21.9. The summed E-state index contributed by atoms with van der Waals surface area (Å²) >= 11 is 0. The molecular weight excluding hydrogens is 464 g/mol. The van der Waals surface area contributed by atoms with E-state index in [1.54, 1.807) is 7.05 Å². The van der Waals surface area contributed by atoms with Crippen molar-refractivity contribution in [3.63, 3.8) is 0 Å². The molecule has 3 fully saturated rings. The van der Waals surface area contributed by atoms with Gasteiger partial charge in [-0.15, -0.1) is 0 Å². The molecule has 10 heteroatoms. The second-order valence-electron chi connectivity index (χ2n) is 10.8. The van der Waals surface area contributed by atoms with Crippen molar-refractivity contribution < 1.29 is 22.2 Å². The van der Waals surface area contributed by atoms with Crippen molar-refractivity contribution in [1.29, 1.82) is 0 Å². The Kier molecular flexibility index (Phi) is 5.98. The fourth-order valence-electron chi connectivity index (χ4n) is 6.24. The predicted molar refractivity (Wildman–Crippen MR) is 139 cm³/mol. The highest BCUT2D eigenvalue weighted by Crippen LogP contribution is 2.46. The standard InChI is InChI=1S/C25H37N6O3S/c1-19(2)29-23-7-6-21-5-4-20(16-22(21)25(23)28(3)35(29,33)34)17-30-10-13-31(14-11-30,15-12-30)18-24(32)27-9-8-26/h4-7,16,19H,8-15,17-18,26H2,1-3H3/q+1/p+1. The summed E-state index contributed by atoms with van der Waals surface area (Å²) in [6, 6.07) is 10.3. The normalized spacial score (nSPS) is 27.0. The molecule has 4 heterocycles. The zero-order valence-electron chi connectivity index (χ0n) is 21.0. The van der Waals surface area contributed by atoms with E-state index in [9.17, 15) is 13.2 Å². The van der Waals surface area contributed by atoms with Gasteiger partial charge in [0, 0.05) is 37.1 Å². The van der Waals surface area contributed by atoms with E-state index in [-0.39, 0.29) is 11.9 Å². The molecule has 0 spiro atoms. The molecule has 0 radical (unpaired) electrons. The van der Waals surface area contributed by atoms with Gasteiger partial charge in [0.2, 0.25) is 0 Å². The fourth-order valence-corrected chi connectivity index (χ4v) is 7.86. The van der Waals surface area contributed by atoms with Gasteiger partial charge in [0.05, 0.1) is 11.4 Å². The third-order valence-corrected chi connectivity index (χ3v) is 10.3. The number of carbonyl (C=O) groups is 1. The summed E-state index contributed by atoms with van der Waals surface area (Å²) in [5, 5.41) is 4.97. The second kappa shape index (κ2) is 8.62. The average Bonchev–Trinajstić information content (AvgIpc) is 3.04. The highest BCUT2D eigenvalue weighted by Gasteiger charge is 2.49. The topological polar surface area (TPSA) is 95.7 Å². The van der Waals surface area contributed by atoms with Crippen LogP contribution in [-0.2, 0) is 21.5 Å². The minimum atomic E-state index is -3.57. The number of quaternary nitrogens is 2. The minimum absolute atomic E-state index is 0.107.